The van der Waals surface area contributed by atoms with E-state index in [4.69, 9.17) is 14.9 Å². The largest absolute Gasteiger partial charge is 0.454 e. The fraction of sp³-hybridized carbons (Fsp3) is 0.0769. The van der Waals surface area contributed by atoms with Crippen LogP contribution >= 0.6 is 0 Å². The van der Waals surface area contributed by atoms with E-state index in [1.807, 2.05) is 0 Å². The van der Waals surface area contributed by atoms with Gasteiger partial charge in [-0.2, -0.15) is 5.21 Å². The predicted molar refractivity (Wildman–Crippen MR) is 74.3 cm³/mol. The highest BCUT2D eigenvalue weighted by Crippen LogP contribution is 2.15. The van der Waals surface area contributed by atoms with Gasteiger partial charge in [-0.3, -0.25) is 9.59 Å². The first-order valence-corrected chi connectivity index (χ1v) is 6.32. The van der Waals surface area contributed by atoms with E-state index in [0.29, 0.717) is 0 Å². The summed E-state index contributed by atoms with van der Waals surface area (Å²) in [7, 11) is 0. The molecule has 0 aliphatic carbocycles. The number of aromatic amines is 1. The minimum absolute atomic E-state index is 0.129. The van der Waals surface area contributed by atoms with Crippen LogP contribution in [0.4, 0.5) is 0 Å². The summed E-state index contributed by atoms with van der Waals surface area (Å²) >= 11 is 0. The molecule has 0 spiro atoms. The molecule has 0 radical (unpaired) electrons. The molecular formula is C13H9N5O5. The van der Waals surface area contributed by atoms with Crippen molar-refractivity contribution in [3.05, 3.63) is 51.6 Å². The number of nitrogens with two attached hydrogens (primary N) is 1. The Hall–Kier alpha value is -3.56. The number of carbonyl (C=O) groups excluding carboxylic acids is 2. The molecule has 1 aromatic carbocycles. The lowest BCUT2D eigenvalue weighted by Crippen LogP contribution is -2.15. The Morgan fingerprint density at radius 3 is 2.83 bits per heavy atom. The number of nitrogens with one attached hydrogen (secondary N) is 1. The Labute approximate surface area is 127 Å². The van der Waals surface area contributed by atoms with Crippen molar-refractivity contribution in [3.8, 4) is 0 Å². The van der Waals surface area contributed by atoms with Crippen LogP contribution in [0, 0.1) is 0 Å². The van der Waals surface area contributed by atoms with Crippen LogP contribution in [0.1, 0.15) is 26.7 Å². The summed E-state index contributed by atoms with van der Waals surface area (Å²) in [5.74, 6) is -1.57. The normalized spacial score (nSPS) is 10.6. The number of H-pyrrole nitrogens is 1. The molecule has 1 amide bonds. The molecule has 3 N–H and O–H groups in total. The number of hydrogen-bond donors (Lipinski definition) is 2. The first kappa shape index (κ1) is 14.4. The summed E-state index contributed by atoms with van der Waals surface area (Å²) < 4.78 is 10.2. The molecule has 0 aliphatic heterocycles. The van der Waals surface area contributed by atoms with Gasteiger partial charge in [0.25, 0.3) is 5.91 Å². The van der Waals surface area contributed by atoms with Crippen LogP contribution in [0.5, 0.6) is 0 Å². The zero-order valence-electron chi connectivity index (χ0n) is 11.5. The summed E-state index contributed by atoms with van der Waals surface area (Å²) in [6, 6.07) is 5.06. The van der Waals surface area contributed by atoms with Gasteiger partial charge in [0.15, 0.2) is 17.8 Å². The van der Waals surface area contributed by atoms with Crippen molar-refractivity contribution in [1.29, 1.82) is 0 Å². The van der Waals surface area contributed by atoms with E-state index in [2.05, 4.69) is 20.6 Å². The number of primary amides is 1. The summed E-state index contributed by atoms with van der Waals surface area (Å²) in [5.41, 5.74) is 4.86. The number of fused-ring (bicyclic) bond motifs is 1. The number of rotatable bonds is 4. The molecule has 0 bridgehead atoms. The van der Waals surface area contributed by atoms with Gasteiger partial charge >= 0.3 is 5.97 Å². The van der Waals surface area contributed by atoms with Gasteiger partial charge in [-0.15, -0.1) is 10.2 Å². The second-order valence-electron chi connectivity index (χ2n) is 4.45. The van der Waals surface area contributed by atoms with Crippen LogP contribution in [0.25, 0.3) is 11.0 Å². The first-order valence-electron chi connectivity index (χ1n) is 6.32. The summed E-state index contributed by atoms with van der Waals surface area (Å²) in [6.07, 6.45) is 0. The van der Waals surface area contributed by atoms with E-state index in [-0.39, 0.29) is 34.7 Å². The van der Waals surface area contributed by atoms with Crippen LogP contribution in [-0.2, 0) is 11.3 Å². The molecule has 0 aliphatic rings. The van der Waals surface area contributed by atoms with Gasteiger partial charge in [-0.1, -0.05) is 5.21 Å². The SMILES string of the molecule is NC(=O)c1cc(=O)c2cc(C(=O)OCc3nn[nH]n3)ccc2o1. The van der Waals surface area contributed by atoms with Crippen molar-refractivity contribution in [3.63, 3.8) is 0 Å². The molecule has 3 rings (SSSR count). The highest BCUT2D eigenvalue weighted by molar-refractivity contribution is 5.95. The lowest BCUT2D eigenvalue weighted by atomic mass is 10.1. The second kappa shape index (κ2) is 5.67. The Bertz CT molecular complexity index is 947. The molecule has 0 fully saturated rings. The lowest BCUT2D eigenvalue weighted by Gasteiger charge is -2.04. The van der Waals surface area contributed by atoms with Crippen LogP contribution in [0.15, 0.2) is 33.5 Å². The van der Waals surface area contributed by atoms with Crippen molar-refractivity contribution in [2.24, 2.45) is 5.73 Å². The molecule has 2 aromatic heterocycles. The highest BCUT2D eigenvalue weighted by Gasteiger charge is 2.14. The van der Waals surface area contributed by atoms with E-state index in [0.717, 1.165) is 6.07 Å². The minimum atomic E-state index is -0.854. The monoisotopic (exact) mass is 315 g/mol. The number of aromatic nitrogens is 4. The van der Waals surface area contributed by atoms with Crippen molar-refractivity contribution in [2.75, 3.05) is 0 Å². The third-order valence-corrected chi connectivity index (χ3v) is 2.93. The van der Waals surface area contributed by atoms with E-state index in [1.165, 1.54) is 18.2 Å². The molecule has 10 nitrogen and oxygen atoms in total. The minimum Gasteiger partial charge on any atom is -0.454 e. The van der Waals surface area contributed by atoms with E-state index in [1.54, 1.807) is 0 Å². The maximum Gasteiger partial charge on any atom is 0.338 e. The third kappa shape index (κ3) is 2.90. The highest BCUT2D eigenvalue weighted by atomic mass is 16.5. The van der Waals surface area contributed by atoms with Crippen molar-refractivity contribution in [1.82, 2.24) is 20.6 Å². The second-order valence-corrected chi connectivity index (χ2v) is 4.45. The van der Waals surface area contributed by atoms with Crippen molar-refractivity contribution < 1.29 is 18.7 Å². The molecule has 10 heteroatoms. The average molecular weight is 315 g/mol. The number of ether oxygens (including phenoxy) is 1. The molecule has 0 saturated heterocycles. The third-order valence-electron chi connectivity index (χ3n) is 2.93. The Balaban J connectivity index is 1.89. The van der Waals surface area contributed by atoms with Gasteiger partial charge in [0.05, 0.1) is 10.9 Å². The fourth-order valence-corrected chi connectivity index (χ4v) is 1.86. The molecule has 0 atom stereocenters. The number of carbonyl (C=O) groups is 2. The zero-order chi connectivity index (χ0) is 16.4. The Kier molecular flexibility index (Phi) is 3.55. The number of amides is 1. The van der Waals surface area contributed by atoms with Crippen LogP contribution in [0.3, 0.4) is 0 Å². The quantitative estimate of drug-likeness (QED) is 0.625. The van der Waals surface area contributed by atoms with Crippen LogP contribution in [0.2, 0.25) is 0 Å². The van der Waals surface area contributed by atoms with Gasteiger partial charge in [0.1, 0.15) is 5.58 Å². The van der Waals surface area contributed by atoms with Gasteiger partial charge in [-0.25, -0.2) is 4.79 Å². The van der Waals surface area contributed by atoms with Gasteiger partial charge in [-0.05, 0) is 18.2 Å². The molecule has 0 unspecified atom stereocenters. The lowest BCUT2D eigenvalue weighted by molar-refractivity contribution is 0.0462. The number of benzene rings is 1. The maximum atomic E-state index is 12.0. The maximum absolute atomic E-state index is 12.0. The van der Waals surface area contributed by atoms with Crippen LogP contribution < -0.4 is 11.2 Å². The van der Waals surface area contributed by atoms with E-state index >= 15 is 0 Å². The van der Waals surface area contributed by atoms with Gasteiger partial charge in [0.2, 0.25) is 5.82 Å². The molecule has 116 valence electrons. The predicted octanol–water partition coefficient (Wildman–Crippen LogP) is -0.238. The van der Waals surface area contributed by atoms with E-state index < -0.39 is 17.3 Å². The summed E-state index contributed by atoms with van der Waals surface area (Å²) in [6.45, 7) is -0.164. The number of esters is 1. The topological polar surface area (TPSA) is 154 Å². The Morgan fingerprint density at radius 2 is 2.13 bits per heavy atom. The van der Waals surface area contributed by atoms with Gasteiger partial charge in [0, 0.05) is 6.07 Å². The van der Waals surface area contributed by atoms with E-state index in [9.17, 15) is 14.4 Å². The molecule has 23 heavy (non-hydrogen) atoms. The Morgan fingerprint density at radius 1 is 1.30 bits per heavy atom. The molecule has 0 saturated carbocycles. The average Bonchev–Trinajstić information content (AvgIpc) is 3.05. The van der Waals surface area contributed by atoms with Crippen molar-refractivity contribution in [2.45, 2.75) is 6.61 Å². The molecule has 2 heterocycles. The number of hydrogen-bond acceptors (Lipinski definition) is 8. The summed E-state index contributed by atoms with van der Waals surface area (Å²) in [5, 5.41) is 13.0. The van der Waals surface area contributed by atoms with Crippen molar-refractivity contribution >= 4 is 22.8 Å². The smallest absolute Gasteiger partial charge is 0.338 e. The fourth-order valence-electron chi connectivity index (χ4n) is 1.86. The molecule has 3 aromatic rings. The van der Waals surface area contributed by atoms with Crippen LogP contribution in [-0.4, -0.2) is 32.5 Å². The van der Waals surface area contributed by atoms with Gasteiger partial charge < -0.3 is 14.9 Å². The number of nitrogens with zero attached hydrogens (tertiary/aromatic N) is 3. The molecular weight excluding hydrogens is 306 g/mol. The standard InChI is InChI=1S/C13H9N5O5/c14-12(20)10-4-8(19)7-3-6(1-2-9(7)23-10)13(21)22-5-11-15-17-18-16-11/h1-4H,5H2,(H2,14,20)(H,15,16,17,18). The first-order chi connectivity index (χ1) is 11.0. The summed E-state index contributed by atoms with van der Waals surface area (Å²) in [4.78, 5) is 35.0. The zero-order valence-corrected chi connectivity index (χ0v) is 11.5. The number of tetrazole rings is 1.